The lowest BCUT2D eigenvalue weighted by Crippen LogP contribution is -2.53. The van der Waals surface area contributed by atoms with Crippen LogP contribution in [0.5, 0.6) is 0 Å². The molecule has 0 radical (unpaired) electrons. The number of aliphatic hydroxyl groups is 1. The first-order valence-electron chi connectivity index (χ1n) is 10.4. The molecule has 0 saturated carbocycles. The third-order valence-corrected chi connectivity index (χ3v) is 5.82. The second kappa shape index (κ2) is 9.34. The van der Waals surface area contributed by atoms with E-state index < -0.39 is 11.5 Å². The number of carbonyl (C=O) groups excluding carboxylic acids is 1. The van der Waals surface area contributed by atoms with E-state index in [1.807, 2.05) is 61.5 Å². The SMILES string of the molecule is CCN1CC[C@@](O)(/C=C/c2ccc(C)cc2)[C@H](C(=O)/C=C/c2ccc(C)cc2)C1. The average Bonchev–Trinajstić information content (AvgIpc) is 2.73. The number of hydrogen-bond acceptors (Lipinski definition) is 3. The molecule has 3 nitrogen and oxygen atoms in total. The van der Waals surface area contributed by atoms with Crippen LogP contribution < -0.4 is 0 Å². The fourth-order valence-corrected chi connectivity index (χ4v) is 3.73. The van der Waals surface area contributed by atoms with E-state index in [2.05, 4.69) is 30.9 Å². The van der Waals surface area contributed by atoms with Gasteiger partial charge in [-0.05, 0) is 44.0 Å². The molecule has 1 N–H and O–H groups in total. The number of nitrogens with zero attached hydrogens (tertiary/aromatic N) is 1. The zero-order valence-electron chi connectivity index (χ0n) is 17.6. The molecule has 1 saturated heterocycles. The Bertz CT molecular complexity index is 880. The van der Waals surface area contributed by atoms with Gasteiger partial charge in [0.15, 0.2) is 5.78 Å². The highest BCUT2D eigenvalue weighted by molar-refractivity contribution is 5.96. The summed E-state index contributed by atoms with van der Waals surface area (Å²) in [6, 6.07) is 16.2. The van der Waals surface area contributed by atoms with Crippen LogP contribution in [0.3, 0.4) is 0 Å². The van der Waals surface area contributed by atoms with Gasteiger partial charge in [-0.15, -0.1) is 0 Å². The maximum atomic E-state index is 13.1. The van der Waals surface area contributed by atoms with Gasteiger partial charge in [0.1, 0.15) is 0 Å². The van der Waals surface area contributed by atoms with E-state index in [0.717, 1.165) is 24.2 Å². The van der Waals surface area contributed by atoms with E-state index in [1.54, 1.807) is 6.08 Å². The summed E-state index contributed by atoms with van der Waals surface area (Å²) in [5.74, 6) is -0.501. The lowest BCUT2D eigenvalue weighted by Gasteiger charge is -2.41. The summed E-state index contributed by atoms with van der Waals surface area (Å²) in [6.07, 6.45) is 7.78. The van der Waals surface area contributed by atoms with Crippen LogP contribution in [-0.2, 0) is 4.79 Å². The van der Waals surface area contributed by atoms with Crippen molar-refractivity contribution in [3.63, 3.8) is 0 Å². The minimum absolute atomic E-state index is 0.0280. The molecule has 3 heteroatoms. The van der Waals surface area contributed by atoms with Gasteiger partial charge < -0.3 is 10.0 Å². The maximum Gasteiger partial charge on any atom is 0.163 e. The zero-order chi connectivity index (χ0) is 20.9. The molecule has 0 spiro atoms. The summed E-state index contributed by atoms with van der Waals surface area (Å²) in [6.45, 7) is 8.43. The number of aryl methyl sites for hydroxylation is 2. The molecule has 29 heavy (non-hydrogen) atoms. The van der Waals surface area contributed by atoms with Gasteiger partial charge in [-0.25, -0.2) is 0 Å². The molecule has 1 heterocycles. The molecular formula is C26H31NO2. The molecule has 0 unspecified atom stereocenters. The lowest BCUT2D eigenvalue weighted by atomic mass is 9.77. The highest BCUT2D eigenvalue weighted by Gasteiger charge is 2.42. The molecule has 2 atom stereocenters. The molecule has 0 aromatic heterocycles. The number of likely N-dealkylation sites (tertiary alicyclic amines) is 1. The van der Waals surface area contributed by atoms with Crippen LogP contribution in [0.15, 0.2) is 60.7 Å². The number of allylic oxidation sites excluding steroid dienone is 1. The number of rotatable bonds is 6. The lowest BCUT2D eigenvalue weighted by molar-refractivity contribution is -0.129. The topological polar surface area (TPSA) is 40.5 Å². The first-order chi connectivity index (χ1) is 13.9. The minimum atomic E-state index is -1.13. The third-order valence-electron chi connectivity index (χ3n) is 5.82. The molecular weight excluding hydrogens is 358 g/mol. The van der Waals surface area contributed by atoms with Gasteiger partial charge in [0.2, 0.25) is 0 Å². The fourth-order valence-electron chi connectivity index (χ4n) is 3.73. The van der Waals surface area contributed by atoms with Crippen LogP contribution in [0.25, 0.3) is 12.2 Å². The quantitative estimate of drug-likeness (QED) is 0.730. The van der Waals surface area contributed by atoms with E-state index in [0.29, 0.717) is 13.0 Å². The summed E-state index contributed by atoms with van der Waals surface area (Å²) in [7, 11) is 0. The molecule has 0 bridgehead atoms. The number of carbonyl (C=O) groups is 1. The first kappa shape index (κ1) is 21.2. The fraction of sp³-hybridized carbons (Fsp3) is 0.346. The van der Waals surface area contributed by atoms with Gasteiger partial charge >= 0.3 is 0 Å². The molecule has 152 valence electrons. The number of hydrogen-bond donors (Lipinski definition) is 1. The van der Waals surface area contributed by atoms with Gasteiger partial charge in [0, 0.05) is 13.1 Å². The van der Waals surface area contributed by atoms with Crippen molar-refractivity contribution in [1.82, 2.24) is 4.90 Å². The Morgan fingerprint density at radius 2 is 1.59 bits per heavy atom. The van der Waals surface area contributed by atoms with E-state index >= 15 is 0 Å². The molecule has 2 aromatic rings. The van der Waals surface area contributed by atoms with E-state index in [9.17, 15) is 9.90 Å². The molecule has 1 aliphatic rings. The number of ketones is 1. The Morgan fingerprint density at radius 1 is 1.03 bits per heavy atom. The summed E-state index contributed by atoms with van der Waals surface area (Å²) < 4.78 is 0. The zero-order valence-corrected chi connectivity index (χ0v) is 17.6. The molecule has 2 aromatic carbocycles. The Morgan fingerprint density at radius 3 is 2.14 bits per heavy atom. The summed E-state index contributed by atoms with van der Waals surface area (Å²) in [5.41, 5.74) is 3.28. The normalized spacial score (nSPS) is 23.1. The maximum absolute atomic E-state index is 13.1. The van der Waals surface area contributed by atoms with Crippen molar-refractivity contribution in [2.45, 2.75) is 32.8 Å². The van der Waals surface area contributed by atoms with Crippen LogP contribution in [0, 0.1) is 19.8 Å². The van der Waals surface area contributed by atoms with Crippen molar-refractivity contribution in [2.24, 2.45) is 5.92 Å². The summed E-state index contributed by atoms with van der Waals surface area (Å²) in [4.78, 5) is 15.3. The predicted molar refractivity (Wildman–Crippen MR) is 121 cm³/mol. The van der Waals surface area contributed by atoms with Gasteiger partial charge in [0.25, 0.3) is 0 Å². The average molecular weight is 390 g/mol. The van der Waals surface area contributed by atoms with Gasteiger partial charge in [-0.2, -0.15) is 0 Å². The Labute approximate surface area is 174 Å². The van der Waals surface area contributed by atoms with Crippen molar-refractivity contribution in [3.05, 3.63) is 82.9 Å². The van der Waals surface area contributed by atoms with Crippen molar-refractivity contribution in [3.8, 4) is 0 Å². The monoisotopic (exact) mass is 389 g/mol. The molecule has 3 rings (SSSR count). The minimum Gasteiger partial charge on any atom is -0.385 e. The van der Waals surface area contributed by atoms with Gasteiger partial charge in [0.05, 0.1) is 11.5 Å². The van der Waals surface area contributed by atoms with Crippen molar-refractivity contribution < 1.29 is 9.90 Å². The Kier molecular flexibility index (Phi) is 6.83. The van der Waals surface area contributed by atoms with Crippen LogP contribution in [0.2, 0.25) is 0 Å². The first-order valence-corrected chi connectivity index (χ1v) is 10.4. The van der Waals surface area contributed by atoms with Crippen LogP contribution in [-0.4, -0.2) is 41.0 Å². The Balaban J connectivity index is 1.81. The second-order valence-electron chi connectivity index (χ2n) is 8.08. The molecule has 1 aliphatic heterocycles. The number of piperidine rings is 1. The van der Waals surface area contributed by atoms with Crippen LogP contribution in [0.1, 0.15) is 35.6 Å². The molecule has 1 fully saturated rings. The largest absolute Gasteiger partial charge is 0.385 e. The smallest absolute Gasteiger partial charge is 0.163 e. The third kappa shape index (κ3) is 5.53. The molecule has 0 amide bonds. The van der Waals surface area contributed by atoms with E-state index in [1.165, 1.54) is 11.1 Å². The van der Waals surface area contributed by atoms with Crippen molar-refractivity contribution in [2.75, 3.05) is 19.6 Å². The predicted octanol–water partition coefficient (Wildman–Crippen LogP) is 4.67. The summed E-state index contributed by atoms with van der Waals surface area (Å²) in [5, 5.41) is 11.4. The van der Waals surface area contributed by atoms with Crippen molar-refractivity contribution in [1.29, 1.82) is 0 Å². The Hall–Kier alpha value is -2.49. The highest BCUT2D eigenvalue weighted by atomic mass is 16.3. The molecule has 0 aliphatic carbocycles. The summed E-state index contributed by atoms with van der Waals surface area (Å²) >= 11 is 0. The highest BCUT2D eigenvalue weighted by Crippen LogP contribution is 2.31. The van der Waals surface area contributed by atoms with E-state index in [4.69, 9.17) is 0 Å². The van der Waals surface area contributed by atoms with Crippen LogP contribution >= 0.6 is 0 Å². The van der Waals surface area contributed by atoms with Gasteiger partial charge in [-0.3, -0.25) is 4.79 Å². The van der Waals surface area contributed by atoms with Crippen molar-refractivity contribution >= 4 is 17.9 Å². The standard InChI is InChI=1S/C26H31NO2/c1-4-27-18-17-26(29,16-15-23-11-7-21(3)8-12-23)24(19-27)25(28)14-13-22-9-5-20(2)6-10-22/h5-16,24,29H,4,17-19H2,1-3H3/b14-13+,16-15+/t24-,26-/m0/s1. The van der Waals surface area contributed by atoms with Crippen LogP contribution in [0.4, 0.5) is 0 Å². The number of benzene rings is 2. The van der Waals surface area contributed by atoms with E-state index in [-0.39, 0.29) is 5.78 Å². The second-order valence-corrected chi connectivity index (χ2v) is 8.08. The van der Waals surface area contributed by atoms with Gasteiger partial charge in [-0.1, -0.05) is 84.8 Å².